The van der Waals surface area contributed by atoms with E-state index in [-0.39, 0.29) is 12.4 Å². The lowest BCUT2D eigenvalue weighted by atomic mass is 10.2. The quantitative estimate of drug-likeness (QED) is 0.812. The summed E-state index contributed by atoms with van der Waals surface area (Å²) in [7, 11) is -3.44. The van der Waals surface area contributed by atoms with Crippen LogP contribution in [0, 0.1) is 5.82 Å². The summed E-state index contributed by atoms with van der Waals surface area (Å²) >= 11 is 1.16. The highest BCUT2D eigenvalue weighted by Crippen LogP contribution is 2.27. The fourth-order valence-corrected chi connectivity index (χ4v) is 5.67. The maximum Gasteiger partial charge on any atom is 0.319 e. The Balaban J connectivity index is 1.56. The third-order valence-corrected chi connectivity index (χ3v) is 7.52. The van der Waals surface area contributed by atoms with Crippen molar-refractivity contribution in [2.24, 2.45) is 0 Å². The third-order valence-electron chi connectivity index (χ3n) is 4.07. The fourth-order valence-electron chi connectivity index (χ4n) is 2.70. The summed E-state index contributed by atoms with van der Waals surface area (Å²) in [5.74, 6) is -0.378. The van der Waals surface area contributed by atoms with Crippen molar-refractivity contribution in [2.75, 3.05) is 18.4 Å². The van der Waals surface area contributed by atoms with Gasteiger partial charge in [-0.3, -0.25) is 0 Å². The molecule has 1 aliphatic rings. The van der Waals surface area contributed by atoms with E-state index in [2.05, 4.69) is 10.6 Å². The number of carbonyl (C=O) groups excluding carboxylic acids is 1. The minimum Gasteiger partial charge on any atom is -0.333 e. The number of halogens is 1. The van der Waals surface area contributed by atoms with Crippen molar-refractivity contribution >= 4 is 33.1 Å². The molecule has 1 aromatic heterocycles. The second kappa shape index (κ2) is 8.15. The molecule has 0 unspecified atom stereocenters. The van der Waals surface area contributed by atoms with E-state index in [4.69, 9.17) is 0 Å². The molecule has 26 heavy (non-hydrogen) atoms. The number of amides is 2. The predicted molar refractivity (Wildman–Crippen MR) is 99.2 cm³/mol. The Morgan fingerprint density at radius 3 is 2.46 bits per heavy atom. The van der Waals surface area contributed by atoms with Gasteiger partial charge in [-0.25, -0.2) is 17.6 Å². The van der Waals surface area contributed by atoms with Gasteiger partial charge in [-0.05, 0) is 49.2 Å². The number of piperidine rings is 1. The molecule has 1 aliphatic heterocycles. The van der Waals surface area contributed by atoms with Crippen LogP contribution in [0.5, 0.6) is 0 Å². The van der Waals surface area contributed by atoms with E-state index in [1.807, 2.05) is 0 Å². The number of hydrogen-bond donors (Lipinski definition) is 2. The highest BCUT2D eigenvalue weighted by Gasteiger charge is 2.27. The Bertz CT molecular complexity index is 860. The van der Waals surface area contributed by atoms with Gasteiger partial charge in [-0.2, -0.15) is 4.31 Å². The molecule has 0 saturated carbocycles. The van der Waals surface area contributed by atoms with Gasteiger partial charge in [0, 0.05) is 23.7 Å². The molecule has 0 bridgehead atoms. The second-order valence-electron chi connectivity index (χ2n) is 6.00. The number of benzene rings is 1. The van der Waals surface area contributed by atoms with Crippen molar-refractivity contribution in [3.63, 3.8) is 0 Å². The van der Waals surface area contributed by atoms with Crippen molar-refractivity contribution in [2.45, 2.75) is 30.0 Å². The minimum absolute atomic E-state index is 0.215. The van der Waals surface area contributed by atoms with Crippen molar-refractivity contribution in [3.05, 3.63) is 47.1 Å². The van der Waals surface area contributed by atoms with Crippen LogP contribution in [-0.4, -0.2) is 31.8 Å². The first kappa shape index (κ1) is 18.8. The number of urea groups is 1. The van der Waals surface area contributed by atoms with E-state index in [0.29, 0.717) is 23.0 Å². The largest absolute Gasteiger partial charge is 0.333 e. The lowest BCUT2D eigenvalue weighted by molar-refractivity contribution is 0.252. The van der Waals surface area contributed by atoms with Crippen molar-refractivity contribution in [1.82, 2.24) is 9.62 Å². The zero-order chi connectivity index (χ0) is 18.6. The highest BCUT2D eigenvalue weighted by atomic mass is 32.2. The number of anilines is 1. The number of nitrogens with zero attached hydrogens (tertiary/aromatic N) is 1. The summed E-state index contributed by atoms with van der Waals surface area (Å²) in [6.07, 6.45) is 2.85. The zero-order valence-corrected chi connectivity index (χ0v) is 15.7. The van der Waals surface area contributed by atoms with Crippen LogP contribution < -0.4 is 10.6 Å². The number of sulfonamides is 1. The summed E-state index contributed by atoms with van der Waals surface area (Å²) in [5.41, 5.74) is 0.475. The summed E-state index contributed by atoms with van der Waals surface area (Å²) in [6.45, 7) is 1.34. The van der Waals surface area contributed by atoms with Gasteiger partial charge in [0.25, 0.3) is 10.0 Å². The van der Waals surface area contributed by atoms with Crippen LogP contribution in [0.25, 0.3) is 0 Å². The maximum atomic E-state index is 12.8. The SMILES string of the molecule is O=C(NCc1ccc(S(=O)(=O)N2CCCCC2)s1)Nc1ccc(F)cc1. The van der Waals surface area contributed by atoms with E-state index >= 15 is 0 Å². The smallest absolute Gasteiger partial charge is 0.319 e. The molecule has 1 fully saturated rings. The number of hydrogen-bond acceptors (Lipinski definition) is 4. The molecule has 9 heteroatoms. The first-order valence-corrected chi connectivity index (χ1v) is 10.6. The van der Waals surface area contributed by atoms with Gasteiger partial charge < -0.3 is 10.6 Å². The molecule has 0 spiro atoms. The molecule has 0 atom stereocenters. The van der Waals surface area contributed by atoms with Crippen LogP contribution in [0.3, 0.4) is 0 Å². The second-order valence-corrected chi connectivity index (χ2v) is 9.33. The number of thiophene rings is 1. The number of nitrogens with one attached hydrogen (secondary N) is 2. The summed E-state index contributed by atoms with van der Waals surface area (Å²) in [6, 6.07) is 8.29. The number of carbonyl (C=O) groups is 1. The van der Waals surface area contributed by atoms with Gasteiger partial charge in [0.15, 0.2) is 0 Å². The molecular weight excluding hydrogens is 377 g/mol. The van der Waals surface area contributed by atoms with Gasteiger partial charge in [0.1, 0.15) is 10.0 Å². The first-order valence-electron chi connectivity index (χ1n) is 8.34. The van der Waals surface area contributed by atoms with E-state index in [1.54, 1.807) is 12.1 Å². The Morgan fingerprint density at radius 2 is 1.77 bits per heavy atom. The maximum absolute atomic E-state index is 12.8. The molecule has 0 radical (unpaired) electrons. The molecule has 1 saturated heterocycles. The van der Waals surface area contributed by atoms with Crippen LogP contribution in [0.2, 0.25) is 0 Å². The van der Waals surface area contributed by atoms with Crippen LogP contribution >= 0.6 is 11.3 Å². The molecule has 6 nitrogen and oxygen atoms in total. The molecule has 3 rings (SSSR count). The molecule has 140 valence electrons. The topological polar surface area (TPSA) is 78.5 Å². The Kier molecular flexibility index (Phi) is 5.90. The van der Waals surface area contributed by atoms with Crippen molar-refractivity contribution in [1.29, 1.82) is 0 Å². The summed E-state index contributed by atoms with van der Waals surface area (Å²) < 4.78 is 39.9. The molecule has 2 amide bonds. The third kappa shape index (κ3) is 4.60. The van der Waals surface area contributed by atoms with Crippen LogP contribution in [0.15, 0.2) is 40.6 Å². The van der Waals surface area contributed by atoms with Crippen LogP contribution in [0.4, 0.5) is 14.9 Å². The van der Waals surface area contributed by atoms with Crippen LogP contribution in [0.1, 0.15) is 24.1 Å². The Labute approximate surface area is 156 Å². The normalized spacial score (nSPS) is 15.6. The lowest BCUT2D eigenvalue weighted by Gasteiger charge is -2.25. The molecule has 0 aliphatic carbocycles. The van der Waals surface area contributed by atoms with Crippen LogP contribution in [-0.2, 0) is 16.6 Å². The van der Waals surface area contributed by atoms with E-state index < -0.39 is 16.1 Å². The standard InChI is InChI=1S/C17H20FN3O3S2/c18-13-4-6-14(7-5-13)20-17(22)19-12-15-8-9-16(25-15)26(23,24)21-10-2-1-3-11-21/h4-9H,1-3,10-12H2,(H2,19,20,22). The lowest BCUT2D eigenvalue weighted by Crippen LogP contribution is -2.35. The van der Waals surface area contributed by atoms with E-state index in [9.17, 15) is 17.6 Å². The molecule has 2 aromatic rings. The minimum atomic E-state index is -3.44. The zero-order valence-electron chi connectivity index (χ0n) is 14.1. The molecular formula is C17H20FN3O3S2. The molecule has 2 heterocycles. The highest BCUT2D eigenvalue weighted by molar-refractivity contribution is 7.91. The molecule has 1 aromatic carbocycles. The van der Waals surface area contributed by atoms with Gasteiger partial charge >= 0.3 is 6.03 Å². The summed E-state index contributed by atoms with van der Waals surface area (Å²) in [4.78, 5) is 12.6. The first-order chi connectivity index (χ1) is 12.4. The van der Waals surface area contributed by atoms with Gasteiger partial charge in [0.05, 0.1) is 6.54 Å². The Hall–Kier alpha value is -1.97. The van der Waals surface area contributed by atoms with Gasteiger partial charge in [-0.1, -0.05) is 6.42 Å². The summed E-state index contributed by atoms with van der Waals surface area (Å²) in [5, 5.41) is 5.25. The van der Waals surface area contributed by atoms with E-state index in [1.165, 1.54) is 28.6 Å². The number of rotatable bonds is 5. The fraction of sp³-hybridized carbons (Fsp3) is 0.353. The average Bonchev–Trinajstić information content (AvgIpc) is 3.13. The monoisotopic (exact) mass is 397 g/mol. The van der Waals surface area contributed by atoms with Gasteiger partial charge in [0.2, 0.25) is 0 Å². The van der Waals surface area contributed by atoms with E-state index in [0.717, 1.165) is 35.5 Å². The Morgan fingerprint density at radius 1 is 1.08 bits per heavy atom. The average molecular weight is 397 g/mol. The molecule has 2 N–H and O–H groups in total. The van der Waals surface area contributed by atoms with Crippen molar-refractivity contribution in [3.8, 4) is 0 Å². The van der Waals surface area contributed by atoms with Crippen molar-refractivity contribution < 1.29 is 17.6 Å². The predicted octanol–water partition coefficient (Wildman–Crippen LogP) is 3.38. The van der Waals surface area contributed by atoms with Gasteiger partial charge in [-0.15, -0.1) is 11.3 Å².